The molecule has 0 atom stereocenters. The van der Waals surface area contributed by atoms with Gasteiger partial charge in [-0.25, -0.2) is 9.59 Å². The van der Waals surface area contributed by atoms with Gasteiger partial charge in [-0.05, 0) is 56.3 Å². The lowest BCUT2D eigenvalue weighted by Crippen LogP contribution is -2.20. The first-order chi connectivity index (χ1) is 11.9. The van der Waals surface area contributed by atoms with Crippen molar-refractivity contribution in [3.8, 4) is 5.75 Å². The highest BCUT2D eigenvalue weighted by Crippen LogP contribution is 2.24. The zero-order valence-electron chi connectivity index (χ0n) is 14.1. The molecule has 0 saturated heterocycles. The molecule has 2 aromatic rings. The second-order valence-corrected chi connectivity index (χ2v) is 5.86. The SMILES string of the molecule is COC(=O)c1ccc(Cl)c(NC(=O)Nc2ccc(OC(C)C)cc2)c1. The molecule has 0 aromatic heterocycles. The Bertz CT molecular complexity index is 760. The number of esters is 1. The van der Waals surface area contributed by atoms with Crippen LogP contribution in [0.3, 0.4) is 0 Å². The lowest BCUT2D eigenvalue weighted by atomic mass is 10.2. The van der Waals surface area contributed by atoms with E-state index in [4.69, 9.17) is 16.3 Å². The van der Waals surface area contributed by atoms with Crippen molar-refractivity contribution in [1.82, 2.24) is 0 Å². The van der Waals surface area contributed by atoms with Gasteiger partial charge >= 0.3 is 12.0 Å². The van der Waals surface area contributed by atoms with E-state index in [1.54, 1.807) is 24.3 Å². The summed E-state index contributed by atoms with van der Waals surface area (Å²) < 4.78 is 10.2. The molecule has 0 aliphatic heterocycles. The second kappa shape index (κ2) is 8.39. The van der Waals surface area contributed by atoms with E-state index in [0.29, 0.717) is 16.4 Å². The van der Waals surface area contributed by atoms with Crippen LogP contribution in [0.15, 0.2) is 42.5 Å². The van der Waals surface area contributed by atoms with Gasteiger partial charge in [-0.3, -0.25) is 0 Å². The highest BCUT2D eigenvalue weighted by Gasteiger charge is 2.11. The monoisotopic (exact) mass is 362 g/mol. The summed E-state index contributed by atoms with van der Waals surface area (Å²) in [7, 11) is 1.28. The Hall–Kier alpha value is -2.73. The molecule has 2 rings (SSSR count). The Morgan fingerprint density at radius 2 is 1.72 bits per heavy atom. The molecule has 0 radical (unpaired) electrons. The number of rotatable bonds is 5. The molecule has 7 heteroatoms. The number of carbonyl (C=O) groups is 2. The Morgan fingerprint density at radius 3 is 2.32 bits per heavy atom. The molecule has 0 aliphatic rings. The molecule has 0 unspecified atom stereocenters. The molecule has 0 fully saturated rings. The van der Waals surface area contributed by atoms with Crippen LogP contribution in [-0.4, -0.2) is 25.2 Å². The van der Waals surface area contributed by atoms with Crippen LogP contribution in [0.5, 0.6) is 5.75 Å². The average Bonchev–Trinajstić information content (AvgIpc) is 2.57. The zero-order valence-corrected chi connectivity index (χ0v) is 14.9. The molecular weight excluding hydrogens is 344 g/mol. The van der Waals surface area contributed by atoms with Crippen molar-refractivity contribution in [2.75, 3.05) is 17.7 Å². The number of hydrogen-bond acceptors (Lipinski definition) is 4. The summed E-state index contributed by atoms with van der Waals surface area (Å²) in [6.45, 7) is 3.87. The van der Waals surface area contributed by atoms with Crippen molar-refractivity contribution in [2.45, 2.75) is 20.0 Å². The van der Waals surface area contributed by atoms with Crippen molar-refractivity contribution in [3.63, 3.8) is 0 Å². The van der Waals surface area contributed by atoms with Gasteiger partial charge in [0, 0.05) is 5.69 Å². The average molecular weight is 363 g/mol. The van der Waals surface area contributed by atoms with Crippen LogP contribution in [0, 0.1) is 0 Å². The fourth-order valence-corrected chi connectivity index (χ4v) is 2.20. The first-order valence-corrected chi connectivity index (χ1v) is 7.99. The van der Waals surface area contributed by atoms with Crippen molar-refractivity contribution < 1.29 is 19.1 Å². The summed E-state index contributed by atoms with van der Waals surface area (Å²) in [6.07, 6.45) is 0.0753. The predicted molar refractivity (Wildman–Crippen MR) is 97.6 cm³/mol. The van der Waals surface area contributed by atoms with E-state index in [1.807, 2.05) is 13.8 Å². The fourth-order valence-electron chi connectivity index (χ4n) is 2.04. The molecule has 0 heterocycles. The van der Waals surface area contributed by atoms with Crippen molar-refractivity contribution >= 4 is 35.0 Å². The van der Waals surface area contributed by atoms with E-state index in [1.165, 1.54) is 25.3 Å². The van der Waals surface area contributed by atoms with Gasteiger partial charge in [0.2, 0.25) is 0 Å². The first kappa shape index (κ1) is 18.6. The number of methoxy groups -OCH3 is 1. The minimum Gasteiger partial charge on any atom is -0.491 e. The summed E-state index contributed by atoms with van der Waals surface area (Å²) in [5, 5.41) is 5.59. The van der Waals surface area contributed by atoms with Crippen molar-refractivity contribution in [2.24, 2.45) is 0 Å². The molecule has 25 heavy (non-hydrogen) atoms. The number of hydrogen-bond donors (Lipinski definition) is 2. The van der Waals surface area contributed by atoms with E-state index in [2.05, 4.69) is 15.4 Å². The molecule has 0 saturated carbocycles. The summed E-state index contributed by atoms with van der Waals surface area (Å²) in [5.41, 5.74) is 1.19. The Labute approximate surface area is 151 Å². The van der Waals surface area contributed by atoms with E-state index in [0.717, 1.165) is 5.75 Å². The van der Waals surface area contributed by atoms with Crippen LogP contribution in [0.1, 0.15) is 24.2 Å². The van der Waals surface area contributed by atoms with Gasteiger partial charge < -0.3 is 20.1 Å². The van der Waals surface area contributed by atoms with Gasteiger partial charge in [0.05, 0.1) is 29.5 Å². The highest BCUT2D eigenvalue weighted by atomic mass is 35.5. The van der Waals surface area contributed by atoms with Crippen LogP contribution in [0.25, 0.3) is 0 Å². The van der Waals surface area contributed by atoms with Crippen LogP contribution < -0.4 is 15.4 Å². The molecule has 2 amide bonds. The summed E-state index contributed by atoms with van der Waals surface area (Å²) in [4.78, 5) is 23.7. The second-order valence-electron chi connectivity index (χ2n) is 5.46. The van der Waals surface area contributed by atoms with Crippen molar-refractivity contribution in [1.29, 1.82) is 0 Å². The smallest absolute Gasteiger partial charge is 0.337 e. The van der Waals surface area contributed by atoms with E-state index in [9.17, 15) is 9.59 Å². The number of carbonyl (C=O) groups excluding carboxylic acids is 2. The van der Waals surface area contributed by atoms with Gasteiger partial charge in [-0.15, -0.1) is 0 Å². The Balaban J connectivity index is 2.03. The first-order valence-electron chi connectivity index (χ1n) is 7.61. The maximum Gasteiger partial charge on any atom is 0.337 e. The zero-order chi connectivity index (χ0) is 18.4. The van der Waals surface area contributed by atoms with Crippen molar-refractivity contribution in [3.05, 3.63) is 53.1 Å². The molecule has 0 aliphatic carbocycles. The maximum atomic E-state index is 12.1. The summed E-state index contributed by atoms with van der Waals surface area (Å²) in [6, 6.07) is 11.0. The number of anilines is 2. The minimum absolute atomic E-state index is 0.0753. The van der Waals surface area contributed by atoms with Crippen LogP contribution in [0.2, 0.25) is 5.02 Å². The van der Waals surface area contributed by atoms with Crippen LogP contribution in [0.4, 0.5) is 16.2 Å². The lowest BCUT2D eigenvalue weighted by molar-refractivity contribution is 0.0600. The highest BCUT2D eigenvalue weighted by molar-refractivity contribution is 6.34. The molecule has 0 spiro atoms. The molecule has 6 nitrogen and oxygen atoms in total. The fraction of sp³-hybridized carbons (Fsp3) is 0.222. The molecule has 132 valence electrons. The number of ether oxygens (including phenoxy) is 2. The standard InChI is InChI=1S/C18H19ClN2O4/c1-11(2)25-14-7-5-13(6-8-14)20-18(23)21-16-10-12(17(22)24-3)4-9-15(16)19/h4-11H,1-3H3,(H2,20,21,23). The molecule has 2 N–H and O–H groups in total. The third kappa shape index (κ3) is 5.39. The Morgan fingerprint density at radius 1 is 1.04 bits per heavy atom. The molecular formula is C18H19ClN2O4. The van der Waals surface area contributed by atoms with Gasteiger partial charge in [0.25, 0.3) is 0 Å². The van der Waals surface area contributed by atoms with E-state index < -0.39 is 12.0 Å². The number of halogens is 1. The quantitative estimate of drug-likeness (QED) is 0.764. The van der Waals surface area contributed by atoms with Gasteiger partial charge in [0.1, 0.15) is 5.75 Å². The number of urea groups is 1. The molecule has 2 aromatic carbocycles. The number of benzene rings is 2. The topological polar surface area (TPSA) is 76.7 Å². The van der Waals surface area contributed by atoms with Gasteiger partial charge in [-0.2, -0.15) is 0 Å². The maximum absolute atomic E-state index is 12.1. The van der Waals surface area contributed by atoms with E-state index in [-0.39, 0.29) is 11.7 Å². The largest absolute Gasteiger partial charge is 0.491 e. The summed E-state index contributed by atoms with van der Waals surface area (Å²) in [5.74, 6) is 0.204. The third-order valence-corrected chi connectivity index (χ3v) is 3.45. The lowest BCUT2D eigenvalue weighted by Gasteiger charge is -2.12. The minimum atomic E-state index is -0.513. The van der Waals surface area contributed by atoms with Crippen LogP contribution in [-0.2, 0) is 4.74 Å². The normalized spacial score (nSPS) is 10.3. The number of nitrogens with one attached hydrogen (secondary N) is 2. The Kier molecular flexibility index (Phi) is 6.25. The van der Waals surface area contributed by atoms with Crippen LogP contribution >= 0.6 is 11.6 Å². The van der Waals surface area contributed by atoms with Gasteiger partial charge in [0.15, 0.2) is 0 Å². The number of amides is 2. The van der Waals surface area contributed by atoms with Gasteiger partial charge in [-0.1, -0.05) is 11.6 Å². The summed E-state index contributed by atoms with van der Waals surface area (Å²) >= 11 is 6.05. The molecule has 0 bridgehead atoms. The third-order valence-electron chi connectivity index (χ3n) is 3.12. The van der Waals surface area contributed by atoms with E-state index >= 15 is 0 Å². The predicted octanol–water partition coefficient (Wildman–Crippen LogP) is 4.56.